The van der Waals surface area contributed by atoms with Gasteiger partial charge in [-0.05, 0) is 37.8 Å². The lowest BCUT2D eigenvalue weighted by molar-refractivity contribution is -0.127. The Kier molecular flexibility index (Phi) is 4.11. The monoisotopic (exact) mass is 213 g/mol. The van der Waals surface area contributed by atoms with Crippen LogP contribution in [-0.4, -0.2) is 29.9 Å². The average molecular weight is 213 g/mol. The quantitative estimate of drug-likeness (QED) is 0.415. The van der Waals surface area contributed by atoms with Gasteiger partial charge < -0.3 is 0 Å². The number of nitrogens with zero attached hydrogens (tertiary/aromatic N) is 1. The van der Waals surface area contributed by atoms with Crippen molar-refractivity contribution in [3.63, 3.8) is 0 Å². The first-order valence-corrected chi connectivity index (χ1v) is 5.74. The van der Waals surface area contributed by atoms with Gasteiger partial charge in [-0.15, -0.1) is 0 Å². The lowest BCUT2D eigenvalue weighted by atomic mass is 9.82. The topological polar surface area (TPSA) is 58.4 Å². The molecule has 4 heteroatoms. The maximum atomic E-state index is 11.5. The Morgan fingerprint density at radius 3 is 2.40 bits per heavy atom. The summed E-state index contributed by atoms with van der Waals surface area (Å²) in [6, 6.07) is -0.0499. The molecule has 15 heavy (non-hydrogen) atoms. The number of piperidine rings is 1. The van der Waals surface area contributed by atoms with E-state index >= 15 is 0 Å². The van der Waals surface area contributed by atoms with Crippen LogP contribution in [0, 0.1) is 5.41 Å². The third kappa shape index (κ3) is 3.18. The van der Waals surface area contributed by atoms with E-state index in [2.05, 4.69) is 24.2 Å². The maximum absolute atomic E-state index is 11.5. The molecular formula is C11H23N3O. The van der Waals surface area contributed by atoms with Gasteiger partial charge in [0, 0.05) is 0 Å². The summed E-state index contributed by atoms with van der Waals surface area (Å²) in [5, 5.41) is 0. The molecule has 0 aromatic carbocycles. The minimum absolute atomic E-state index is 0.0499. The van der Waals surface area contributed by atoms with Crippen LogP contribution in [0.3, 0.4) is 0 Å². The van der Waals surface area contributed by atoms with Gasteiger partial charge in [0.15, 0.2) is 0 Å². The van der Waals surface area contributed by atoms with Crippen LogP contribution < -0.4 is 11.3 Å². The van der Waals surface area contributed by atoms with Crippen LogP contribution in [0.15, 0.2) is 0 Å². The highest BCUT2D eigenvalue weighted by molar-refractivity contribution is 5.81. The summed E-state index contributed by atoms with van der Waals surface area (Å²) in [7, 11) is 0. The molecule has 1 atom stereocenters. The Bertz CT molecular complexity index is 218. The van der Waals surface area contributed by atoms with Gasteiger partial charge in [0.05, 0.1) is 6.04 Å². The largest absolute Gasteiger partial charge is 0.293 e. The summed E-state index contributed by atoms with van der Waals surface area (Å²) in [5.41, 5.74) is 2.68. The zero-order chi connectivity index (χ0) is 11.5. The van der Waals surface area contributed by atoms with E-state index in [1.807, 2.05) is 6.92 Å². The van der Waals surface area contributed by atoms with Crippen LogP contribution in [0.25, 0.3) is 0 Å². The number of amides is 1. The molecule has 0 radical (unpaired) electrons. The van der Waals surface area contributed by atoms with Crippen LogP contribution in [0.5, 0.6) is 0 Å². The second-order valence-electron chi connectivity index (χ2n) is 5.13. The molecule has 1 saturated heterocycles. The van der Waals surface area contributed by atoms with Crippen LogP contribution in [0.1, 0.15) is 40.0 Å². The predicted molar refractivity (Wildman–Crippen MR) is 61.0 cm³/mol. The van der Waals surface area contributed by atoms with Gasteiger partial charge in [-0.2, -0.15) is 0 Å². The van der Waals surface area contributed by atoms with E-state index in [0.717, 1.165) is 32.4 Å². The SMILES string of the molecule is CCC(C(=O)NN)N1CCC(C)(C)CC1. The Balaban J connectivity index is 2.54. The zero-order valence-corrected chi connectivity index (χ0v) is 10.0. The molecule has 1 heterocycles. The number of hydrogen-bond donors (Lipinski definition) is 2. The van der Waals surface area contributed by atoms with Gasteiger partial charge in [0.2, 0.25) is 0 Å². The fourth-order valence-electron chi connectivity index (χ4n) is 2.15. The molecule has 3 N–H and O–H groups in total. The van der Waals surface area contributed by atoms with Crippen molar-refractivity contribution in [1.82, 2.24) is 10.3 Å². The molecule has 1 aliphatic heterocycles. The van der Waals surface area contributed by atoms with Crippen molar-refractivity contribution in [2.45, 2.75) is 46.1 Å². The van der Waals surface area contributed by atoms with Crippen molar-refractivity contribution >= 4 is 5.91 Å². The Morgan fingerprint density at radius 2 is 2.00 bits per heavy atom. The lowest BCUT2D eigenvalue weighted by Crippen LogP contribution is -2.52. The number of hydrogen-bond acceptors (Lipinski definition) is 3. The number of nitrogens with one attached hydrogen (secondary N) is 1. The standard InChI is InChI=1S/C11H23N3O/c1-4-9(10(15)13-12)14-7-5-11(2,3)6-8-14/h9H,4-8,12H2,1-3H3,(H,13,15). The zero-order valence-electron chi connectivity index (χ0n) is 10.0. The van der Waals surface area contributed by atoms with Crippen LogP contribution in [0.4, 0.5) is 0 Å². The Morgan fingerprint density at radius 1 is 1.47 bits per heavy atom. The highest BCUT2D eigenvalue weighted by Gasteiger charge is 2.31. The van der Waals surface area contributed by atoms with Gasteiger partial charge in [0.25, 0.3) is 5.91 Å². The Labute approximate surface area is 92.2 Å². The molecule has 1 aliphatic rings. The molecule has 88 valence electrons. The minimum Gasteiger partial charge on any atom is -0.293 e. The van der Waals surface area contributed by atoms with Gasteiger partial charge in [-0.25, -0.2) is 5.84 Å². The molecule has 1 amide bonds. The van der Waals surface area contributed by atoms with E-state index in [1.165, 1.54) is 0 Å². The molecule has 0 spiro atoms. The molecule has 0 saturated carbocycles. The summed E-state index contributed by atoms with van der Waals surface area (Å²) in [6.07, 6.45) is 3.13. The van der Waals surface area contributed by atoms with Crippen molar-refractivity contribution in [3.05, 3.63) is 0 Å². The van der Waals surface area contributed by atoms with E-state index in [9.17, 15) is 4.79 Å². The first-order valence-electron chi connectivity index (χ1n) is 5.74. The average Bonchev–Trinajstić information content (AvgIpc) is 2.21. The summed E-state index contributed by atoms with van der Waals surface area (Å²) in [5.74, 6) is 5.12. The highest BCUT2D eigenvalue weighted by Crippen LogP contribution is 2.30. The van der Waals surface area contributed by atoms with Gasteiger partial charge in [0.1, 0.15) is 0 Å². The number of hydrazine groups is 1. The molecule has 0 aliphatic carbocycles. The summed E-state index contributed by atoms with van der Waals surface area (Å²) in [4.78, 5) is 13.8. The van der Waals surface area contributed by atoms with Gasteiger partial charge >= 0.3 is 0 Å². The fraction of sp³-hybridized carbons (Fsp3) is 0.909. The molecule has 0 bridgehead atoms. The van der Waals surface area contributed by atoms with Crippen molar-refractivity contribution < 1.29 is 4.79 Å². The highest BCUT2D eigenvalue weighted by atomic mass is 16.2. The summed E-state index contributed by atoms with van der Waals surface area (Å²) < 4.78 is 0. The molecular weight excluding hydrogens is 190 g/mol. The number of nitrogens with two attached hydrogens (primary N) is 1. The molecule has 0 aromatic heterocycles. The molecule has 1 unspecified atom stereocenters. The lowest BCUT2D eigenvalue weighted by Gasteiger charge is -2.40. The van der Waals surface area contributed by atoms with E-state index in [4.69, 9.17) is 5.84 Å². The molecule has 1 rings (SSSR count). The van der Waals surface area contributed by atoms with Crippen LogP contribution in [0.2, 0.25) is 0 Å². The number of rotatable bonds is 3. The summed E-state index contributed by atoms with van der Waals surface area (Å²) >= 11 is 0. The van der Waals surface area contributed by atoms with E-state index in [1.54, 1.807) is 0 Å². The van der Waals surface area contributed by atoms with Crippen molar-refractivity contribution in [2.75, 3.05) is 13.1 Å². The smallest absolute Gasteiger partial charge is 0.251 e. The number of carbonyl (C=O) groups is 1. The number of carbonyl (C=O) groups excluding carboxylic acids is 1. The second-order valence-corrected chi connectivity index (χ2v) is 5.13. The number of likely N-dealkylation sites (tertiary alicyclic amines) is 1. The predicted octanol–water partition coefficient (Wildman–Crippen LogP) is 0.877. The summed E-state index contributed by atoms with van der Waals surface area (Å²) in [6.45, 7) is 8.60. The van der Waals surface area contributed by atoms with Crippen molar-refractivity contribution in [1.29, 1.82) is 0 Å². The van der Waals surface area contributed by atoms with Crippen LogP contribution >= 0.6 is 0 Å². The van der Waals surface area contributed by atoms with Crippen molar-refractivity contribution in [3.8, 4) is 0 Å². The third-order valence-electron chi connectivity index (χ3n) is 3.42. The van der Waals surface area contributed by atoms with Crippen LogP contribution in [-0.2, 0) is 4.79 Å². The van der Waals surface area contributed by atoms with Gasteiger partial charge in [-0.3, -0.25) is 15.1 Å². The first-order chi connectivity index (χ1) is 7.00. The molecule has 4 nitrogen and oxygen atoms in total. The Hall–Kier alpha value is -0.610. The van der Waals surface area contributed by atoms with E-state index in [-0.39, 0.29) is 11.9 Å². The minimum atomic E-state index is -0.0581. The molecule has 0 aromatic rings. The van der Waals surface area contributed by atoms with E-state index in [0.29, 0.717) is 5.41 Å². The normalized spacial score (nSPS) is 23.5. The van der Waals surface area contributed by atoms with E-state index < -0.39 is 0 Å². The first kappa shape index (κ1) is 12.5. The van der Waals surface area contributed by atoms with Crippen molar-refractivity contribution in [2.24, 2.45) is 11.3 Å². The fourth-order valence-corrected chi connectivity index (χ4v) is 2.15. The second kappa shape index (κ2) is 4.94. The maximum Gasteiger partial charge on any atom is 0.251 e. The van der Waals surface area contributed by atoms with Gasteiger partial charge in [-0.1, -0.05) is 20.8 Å². The molecule has 1 fully saturated rings. The third-order valence-corrected chi connectivity index (χ3v) is 3.42.